The Labute approximate surface area is 140 Å². The molecule has 0 amide bonds. The van der Waals surface area contributed by atoms with Crippen molar-refractivity contribution in [2.45, 2.75) is 84.5 Å². The molecule has 0 aliphatic carbocycles. The maximum atomic E-state index is 12.8. The van der Waals surface area contributed by atoms with Crippen LogP contribution in [-0.2, 0) is 28.7 Å². The van der Waals surface area contributed by atoms with Crippen molar-refractivity contribution in [1.82, 2.24) is 14.8 Å². The number of aromatic nitrogens is 3. The lowest BCUT2D eigenvalue weighted by molar-refractivity contribution is -0.154. The van der Waals surface area contributed by atoms with Crippen LogP contribution < -0.4 is 0 Å². The quantitative estimate of drug-likeness (QED) is 0.522. The molecule has 0 bridgehead atoms. The van der Waals surface area contributed by atoms with Crippen LogP contribution in [0.4, 0.5) is 13.2 Å². The SMILES string of the molecule is CCCCCCn1nc(C(F)(F)F)nc1CCC(=O)OC(C)(C)C. The first-order chi connectivity index (χ1) is 11.0. The number of hydrogen-bond donors (Lipinski definition) is 0. The van der Waals surface area contributed by atoms with Gasteiger partial charge in [0.05, 0.1) is 6.42 Å². The van der Waals surface area contributed by atoms with Gasteiger partial charge in [-0.25, -0.2) is 9.67 Å². The summed E-state index contributed by atoms with van der Waals surface area (Å²) in [5.41, 5.74) is -0.623. The molecule has 1 aromatic rings. The van der Waals surface area contributed by atoms with Crippen LogP contribution in [0.15, 0.2) is 0 Å². The Hall–Kier alpha value is -1.60. The summed E-state index contributed by atoms with van der Waals surface area (Å²) in [6.07, 6.45) is -0.828. The van der Waals surface area contributed by atoms with Gasteiger partial charge < -0.3 is 4.74 Å². The summed E-state index contributed by atoms with van der Waals surface area (Å²) in [4.78, 5) is 15.3. The molecule has 0 aromatic carbocycles. The molecule has 0 fully saturated rings. The summed E-state index contributed by atoms with van der Waals surface area (Å²) >= 11 is 0. The summed E-state index contributed by atoms with van der Waals surface area (Å²) in [6, 6.07) is 0. The molecule has 0 spiro atoms. The molecule has 0 saturated carbocycles. The third-order valence-electron chi connectivity index (χ3n) is 3.20. The fourth-order valence-corrected chi connectivity index (χ4v) is 2.15. The number of carbonyl (C=O) groups excluding carboxylic acids is 1. The first-order valence-electron chi connectivity index (χ1n) is 8.25. The van der Waals surface area contributed by atoms with Crippen LogP contribution in [0.2, 0.25) is 0 Å². The van der Waals surface area contributed by atoms with Crippen molar-refractivity contribution in [2.24, 2.45) is 0 Å². The van der Waals surface area contributed by atoms with Crippen LogP contribution >= 0.6 is 0 Å². The minimum atomic E-state index is -4.59. The van der Waals surface area contributed by atoms with Crippen molar-refractivity contribution in [3.05, 3.63) is 11.6 Å². The second-order valence-electron chi connectivity index (χ2n) is 6.72. The molecule has 1 rings (SSSR count). The standard InChI is InChI=1S/C16H26F3N3O2/c1-5-6-7-8-11-22-12(20-14(21-22)16(17,18)19)9-10-13(23)24-15(2,3)4/h5-11H2,1-4H3. The van der Waals surface area contributed by atoms with Gasteiger partial charge in [-0.15, -0.1) is 5.10 Å². The number of hydrogen-bond acceptors (Lipinski definition) is 4. The summed E-state index contributed by atoms with van der Waals surface area (Å²) < 4.78 is 44.9. The fraction of sp³-hybridized carbons (Fsp3) is 0.812. The Morgan fingerprint density at radius 1 is 1.17 bits per heavy atom. The number of aryl methyl sites for hydroxylation is 2. The zero-order valence-corrected chi connectivity index (χ0v) is 14.7. The summed E-state index contributed by atoms with van der Waals surface area (Å²) in [5, 5.41) is 3.56. The Balaban J connectivity index is 2.75. The summed E-state index contributed by atoms with van der Waals surface area (Å²) in [7, 11) is 0. The van der Waals surface area contributed by atoms with Crippen LogP contribution in [0.25, 0.3) is 0 Å². The second kappa shape index (κ2) is 8.48. The van der Waals surface area contributed by atoms with E-state index in [1.165, 1.54) is 4.68 Å². The van der Waals surface area contributed by atoms with E-state index >= 15 is 0 Å². The minimum Gasteiger partial charge on any atom is -0.460 e. The number of esters is 1. The van der Waals surface area contributed by atoms with Gasteiger partial charge >= 0.3 is 12.1 Å². The number of carbonyl (C=O) groups is 1. The highest BCUT2D eigenvalue weighted by Crippen LogP contribution is 2.26. The van der Waals surface area contributed by atoms with E-state index in [1.54, 1.807) is 20.8 Å². The smallest absolute Gasteiger partial charge is 0.453 e. The molecule has 138 valence electrons. The van der Waals surface area contributed by atoms with Crippen LogP contribution in [0.5, 0.6) is 0 Å². The highest BCUT2D eigenvalue weighted by molar-refractivity contribution is 5.70. The van der Waals surface area contributed by atoms with Crippen LogP contribution in [0.1, 0.15) is 71.4 Å². The van der Waals surface area contributed by atoms with Crippen molar-refractivity contribution in [3.8, 4) is 0 Å². The predicted octanol–water partition coefficient (Wildman–Crippen LogP) is 4.15. The minimum absolute atomic E-state index is 0.0256. The first kappa shape index (κ1) is 20.4. The highest BCUT2D eigenvalue weighted by atomic mass is 19.4. The Bertz CT molecular complexity index is 534. The predicted molar refractivity (Wildman–Crippen MR) is 83.3 cm³/mol. The van der Waals surface area contributed by atoms with Crippen molar-refractivity contribution in [3.63, 3.8) is 0 Å². The Morgan fingerprint density at radius 2 is 1.83 bits per heavy atom. The van der Waals surface area contributed by atoms with Gasteiger partial charge in [0.25, 0.3) is 5.82 Å². The topological polar surface area (TPSA) is 57.0 Å². The van der Waals surface area contributed by atoms with Gasteiger partial charge in [-0.1, -0.05) is 26.2 Å². The molecule has 1 heterocycles. The number of rotatable bonds is 8. The van der Waals surface area contributed by atoms with E-state index in [2.05, 4.69) is 17.0 Å². The zero-order chi connectivity index (χ0) is 18.4. The van der Waals surface area contributed by atoms with Crippen LogP contribution in [-0.4, -0.2) is 26.3 Å². The maximum Gasteiger partial charge on any atom is 0.453 e. The molecule has 1 aromatic heterocycles. The average molecular weight is 349 g/mol. The third kappa shape index (κ3) is 7.31. The largest absolute Gasteiger partial charge is 0.460 e. The van der Waals surface area contributed by atoms with Crippen molar-refractivity contribution in [2.75, 3.05) is 0 Å². The molecule has 0 saturated heterocycles. The lowest BCUT2D eigenvalue weighted by Crippen LogP contribution is -2.24. The van der Waals surface area contributed by atoms with Crippen LogP contribution in [0.3, 0.4) is 0 Å². The molecule has 8 heteroatoms. The van der Waals surface area contributed by atoms with E-state index in [4.69, 9.17) is 4.74 Å². The number of unbranched alkanes of at least 4 members (excludes halogenated alkanes) is 3. The lowest BCUT2D eigenvalue weighted by Gasteiger charge is -2.19. The third-order valence-corrected chi connectivity index (χ3v) is 3.20. The normalized spacial score (nSPS) is 12.5. The van der Waals surface area contributed by atoms with Gasteiger partial charge in [0.1, 0.15) is 11.4 Å². The van der Waals surface area contributed by atoms with Crippen molar-refractivity contribution < 1.29 is 22.7 Å². The molecule has 0 atom stereocenters. The van der Waals surface area contributed by atoms with Gasteiger partial charge in [-0.3, -0.25) is 4.79 Å². The number of ether oxygens (including phenoxy) is 1. The number of alkyl halides is 3. The van der Waals surface area contributed by atoms with E-state index in [1.807, 2.05) is 0 Å². The summed E-state index contributed by atoms with van der Waals surface area (Å²) in [6.45, 7) is 7.64. The Morgan fingerprint density at radius 3 is 2.38 bits per heavy atom. The van der Waals surface area contributed by atoms with Gasteiger partial charge in [0.15, 0.2) is 0 Å². The molecule has 0 unspecified atom stereocenters. The van der Waals surface area contributed by atoms with E-state index < -0.39 is 23.6 Å². The second-order valence-corrected chi connectivity index (χ2v) is 6.72. The molecular formula is C16H26F3N3O2. The molecule has 0 aliphatic rings. The molecule has 0 N–H and O–H groups in total. The van der Waals surface area contributed by atoms with Crippen molar-refractivity contribution in [1.29, 1.82) is 0 Å². The number of halogens is 3. The van der Waals surface area contributed by atoms with Gasteiger partial charge in [0, 0.05) is 13.0 Å². The van der Waals surface area contributed by atoms with Gasteiger partial charge in [-0.2, -0.15) is 13.2 Å². The average Bonchev–Trinajstić information content (AvgIpc) is 2.83. The highest BCUT2D eigenvalue weighted by Gasteiger charge is 2.37. The monoisotopic (exact) mass is 349 g/mol. The first-order valence-corrected chi connectivity index (χ1v) is 8.25. The fourth-order valence-electron chi connectivity index (χ4n) is 2.15. The molecule has 5 nitrogen and oxygen atoms in total. The molecule has 24 heavy (non-hydrogen) atoms. The summed E-state index contributed by atoms with van der Waals surface area (Å²) in [5.74, 6) is -1.45. The van der Waals surface area contributed by atoms with Gasteiger partial charge in [-0.05, 0) is 27.2 Å². The lowest BCUT2D eigenvalue weighted by atomic mass is 10.2. The van der Waals surface area contributed by atoms with E-state index in [0.29, 0.717) is 6.54 Å². The molecular weight excluding hydrogens is 323 g/mol. The molecule has 0 radical (unpaired) electrons. The van der Waals surface area contributed by atoms with E-state index in [-0.39, 0.29) is 18.7 Å². The Kier molecular flexibility index (Phi) is 7.23. The van der Waals surface area contributed by atoms with E-state index in [9.17, 15) is 18.0 Å². The number of nitrogens with zero attached hydrogens (tertiary/aromatic N) is 3. The van der Waals surface area contributed by atoms with E-state index in [0.717, 1.165) is 25.7 Å². The molecule has 0 aliphatic heterocycles. The maximum absolute atomic E-state index is 12.8. The van der Waals surface area contributed by atoms with Gasteiger partial charge in [0.2, 0.25) is 0 Å². The zero-order valence-electron chi connectivity index (χ0n) is 14.7. The van der Waals surface area contributed by atoms with Crippen molar-refractivity contribution >= 4 is 5.97 Å². The van der Waals surface area contributed by atoms with Crippen LogP contribution in [0, 0.1) is 0 Å².